The number of ether oxygens (including phenoxy) is 2. The van der Waals surface area contributed by atoms with Gasteiger partial charge < -0.3 is 19.4 Å². The number of nitrogens with zero attached hydrogens (tertiary/aromatic N) is 3. The number of nitrogens with one attached hydrogen (secondary N) is 1. The molecule has 2 atom stereocenters. The van der Waals surface area contributed by atoms with Crippen molar-refractivity contribution >= 4 is 12.0 Å². The molecule has 3 rings (SSSR count). The number of methoxy groups -OCH3 is 1. The summed E-state index contributed by atoms with van der Waals surface area (Å²) in [7, 11) is 1.64. The summed E-state index contributed by atoms with van der Waals surface area (Å²) in [5, 5.41) is 12.5. The highest BCUT2D eigenvalue weighted by atomic mass is 16.5. The Labute approximate surface area is 190 Å². The fourth-order valence-corrected chi connectivity index (χ4v) is 4.26. The Morgan fingerprint density at radius 3 is 2.50 bits per heavy atom. The number of carbonyl (C=O) groups excluding carboxylic acids is 1. The van der Waals surface area contributed by atoms with Crippen molar-refractivity contribution in [2.24, 2.45) is 0 Å². The van der Waals surface area contributed by atoms with Gasteiger partial charge in [-0.1, -0.05) is 0 Å². The van der Waals surface area contributed by atoms with Crippen LogP contribution in [-0.4, -0.2) is 60.9 Å². The third-order valence-electron chi connectivity index (χ3n) is 5.67. The van der Waals surface area contributed by atoms with E-state index in [1.807, 2.05) is 44.2 Å². The van der Waals surface area contributed by atoms with Crippen LogP contribution in [0.3, 0.4) is 0 Å². The molecule has 0 radical (unpaired) electrons. The molecule has 7 heteroatoms. The Balaban J connectivity index is 1.69. The standard InChI is InChI=1S/C25H32N4O3/c1-17-12-21(20(4)29(17)23-6-8-24(31-5)9-7-23)13-22(14-26)25(30)27-10-11-28-15-18(2)32-19(3)16-28/h6-9,12-13,18-19H,10-11,15-16H2,1-5H3,(H,27,30)/b22-13-. The van der Waals surface area contributed by atoms with Crippen LogP contribution in [0, 0.1) is 25.2 Å². The second kappa shape index (κ2) is 10.5. The molecule has 32 heavy (non-hydrogen) atoms. The Kier molecular flexibility index (Phi) is 7.73. The number of morpholine rings is 1. The second-order valence-electron chi connectivity index (χ2n) is 8.30. The van der Waals surface area contributed by atoms with Crippen LogP contribution in [0.4, 0.5) is 0 Å². The van der Waals surface area contributed by atoms with Crippen molar-refractivity contribution in [3.8, 4) is 17.5 Å². The van der Waals surface area contributed by atoms with Gasteiger partial charge in [0, 0.05) is 43.3 Å². The Hall–Kier alpha value is -3.08. The van der Waals surface area contributed by atoms with Gasteiger partial charge in [-0.3, -0.25) is 9.69 Å². The smallest absolute Gasteiger partial charge is 0.261 e. The molecule has 0 saturated carbocycles. The monoisotopic (exact) mass is 436 g/mol. The number of hydrogen-bond acceptors (Lipinski definition) is 5. The van der Waals surface area contributed by atoms with Crippen molar-refractivity contribution < 1.29 is 14.3 Å². The maximum absolute atomic E-state index is 12.6. The minimum Gasteiger partial charge on any atom is -0.497 e. The van der Waals surface area contributed by atoms with E-state index in [4.69, 9.17) is 9.47 Å². The van der Waals surface area contributed by atoms with E-state index in [1.165, 1.54) is 0 Å². The first-order valence-corrected chi connectivity index (χ1v) is 10.9. The number of hydrogen-bond donors (Lipinski definition) is 1. The molecule has 170 valence electrons. The zero-order chi connectivity index (χ0) is 23.3. The highest BCUT2D eigenvalue weighted by molar-refractivity contribution is 6.01. The molecule has 1 aliphatic heterocycles. The maximum Gasteiger partial charge on any atom is 0.261 e. The van der Waals surface area contributed by atoms with Gasteiger partial charge in [0.15, 0.2) is 0 Å². The molecule has 1 N–H and O–H groups in total. The van der Waals surface area contributed by atoms with Crippen molar-refractivity contribution in [3.05, 3.63) is 52.9 Å². The fourth-order valence-electron chi connectivity index (χ4n) is 4.26. The van der Waals surface area contributed by atoms with E-state index in [0.717, 1.165) is 48.0 Å². The fraction of sp³-hybridized carbons (Fsp3) is 0.440. The predicted octanol–water partition coefficient (Wildman–Crippen LogP) is 3.24. The number of aryl methyl sites for hydroxylation is 1. The minimum absolute atomic E-state index is 0.101. The molecular formula is C25H32N4O3. The van der Waals surface area contributed by atoms with E-state index in [-0.39, 0.29) is 23.7 Å². The molecule has 2 unspecified atom stereocenters. The van der Waals surface area contributed by atoms with Crippen molar-refractivity contribution in [2.75, 3.05) is 33.3 Å². The number of nitriles is 1. The maximum atomic E-state index is 12.6. The van der Waals surface area contributed by atoms with Crippen molar-refractivity contribution in [1.29, 1.82) is 5.26 Å². The number of benzene rings is 1. The van der Waals surface area contributed by atoms with E-state index >= 15 is 0 Å². The molecule has 0 spiro atoms. The second-order valence-corrected chi connectivity index (χ2v) is 8.30. The lowest BCUT2D eigenvalue weighted by molar-refractivity contribution is -0.117. The average molecular weight is 437 g/mol. The van der Waals surface area contributed by atoms with Crippen LogP contribution in [0.5, 0.6) is 5.75 Å². The van der Waals surface area contributed by atoms with Crippen molar-refractivity contribution in [1.82, 2.24) is 14.8 Å². The summed E-state index contributed by atoms with van der Waals surface area (Å²) in [6.45, 7) is 11.0. The molecule has 1 aliphatic rings. The van der Waals surface area contributed by atoms with Crippen LogP contribution < -0.4 is 10.1 Å². The molecule has 1 saturated heterocycles. The zero-order valence-corrected chi connectivity index (χ0v) is 19.5. The van der Waals surface area contributed by atoms with E-state index in [2.05, 4.69) is 34.7 Å². The van der Waals surface area contributed by atoms with Crippen LogP contribution in [0.15, 0.2) is 35.9 Å². The minimum atomic E-state index is -0.351. The molecular weight excluding hydrogens is 404 g/mol. The summed E-state index contributed by atoms with van der Waals surface area (Å²) in [6.07, 6.45) is 2.03. The van der Waals surface area contributed by atoms with Gasteiger partial charge in [0.05, 0.1) is 19.3 Å². The summed E-state index contributed by atoms with van der Waals surface area (Å²) < 4.78 is 13.1. The molecule has 2 heterocycles. The third-order valence-corrected chi connectivity index (χ3v) is 5.67. The van der Waals surface area contributed by atoms with Gasteiger partial charge in [0.2, 0.25) is 0 Å². The van der Waals surface area contributed by atoms with E-state index in [9.17, 15) is 10.1 Å². The summed E-state index contributed by atoms with van der Waals surface area (Å²) in [6, 6.07) is 11.8. The van der Waals surface area contributed by atoms with Crippen molar-refractivity contribution in [3.63, 3.8) is 0 Å². The zero-order valence-electron chi connectivity index (χ0n) is 19.5. The topological polar surface area (TPSA) is 79.5 Å². The molecule has 0 bridgehead atoms. The van der Waals surface area contributed by atoms with Gasteiger partial charge in [-0.25, -0.2) is 0 Å². The van der Waals surface area contributed by atoms with Crippen LogP contribution in [-0.2, 0) is 9.53 Å². The van der Waals surface area contributed by atoms with Crippen molar-refractivity contribution in [2.45, 2.75) is 39.9 Å². The summed E-state index contributed by atoms with van der Waals surface area (Å²) in [4.78, 5) is 14.9. The van der Waals surface area contributed by atoms with E-state index < -0.39 is 0 Å². The number of amides is 1. The van der Waals surface area contributed by atoms with Gasteiger partial charge in [-0.15, -0.1) is 0 Å². The van der Waals surface area contributed by atoms with Crippen LogP contribution >= 0.6 is 0 Å². The first-order valence-electron chi connectivity index (χ1n) is 10.9. The van der Waals surface area contributed by atoms with Gasteiger partial charge in [0.1, 0.15) is 17.4 Å². The summed E-state index contributed by atoms with van der Waals surface area (Å²) >= 11 is 0. The Bertz CT molecular complexity index is 1010. The molecule has 2 aromatic rings. The summed E-state index contributed by atoms with van der Waals surface area (Å²) in [5.41, 5.74) is 3.93. The quantitative estimate of drug-likeness (QED) is 0.533. The Morgan fingerprint density at radius 2 is 1.91 bits per heavy atom. The highest BCUT2D eigenvalue weighted by Gasteiger charge is 2.22. The molecule has 1 aromatic heterocycles. The van der Waals surface area contributed by atoms with Crippen LogP contribution in [0.25, 0.3) is 11.8 Å². The van der Waals surface area contributed by atoms with Gasteiger partial charge in [-0.05, 0) is 69.7 Å². The van der Waals surface area contributed by atoms with Crippen LogP contribution in [0.2, 0.25) is 0 Å². The Morgan fingerprint density at radius 1 is 1.25 bits per heavy atom. The van der Waals surface area contributed by atoms with Gasteiger partial charge in [-0.2, -0.15) is 5.26 Å². The highest BCUT2D eigenvalue weighted by Crippen LogP contribution is 2.24. The number of aromatic nitrogens is 1. The van der Waals surface area contributed by atoms with Gasteiger partial charge in [0.25, 0.3) is 5.91 Å². The molecule has 1 amide bonds. The molecule has 0 aliphatic carbocycles. The first kappa shape index (κ1) is 23.6. The predicted molar refractivity (Wildman–Crippen MR) is 125 cm³/mol. The third kappa shape index (κ3) is 5.58. The van der Waals surface area contributed by atoms with Gasteiger partial charge >= 0.3 is 0 Å². The average Bonchev–Trinajstić information content (AvgIpc) is 3.04. The normalized spacial score (nSPS) is 19.4. The van der Waals surface area contributed by atoms with E-state index in [0.29, 0.717) is 6.54 Å². The van der Waals surface area contributed by atoms with Crippen LogP contribution in [0.1, 0.15) is 30.8 Å². The number of rotatable bonds is 7. The molecule has 7 nitrogen and oxygen atoms in total. The lowest BCUT2D eigenvalue weighted by atomic mass is 10.1. The molecule has 1 fully saturated rings. The molecule has 1 aromatic carbocycles. The largest absolute Gasteiger partial charge is 0.497 e. The SMILES string of the molecule is COc1ccc(-n2c(C)cc(/C=C(/C#N)C(=O)NCCN3CC(C)OC(C)C3)c2C)cc1. The number of carbonyl (C=O) groups is 1. The first-order chi connectivity index (χ1) is 15.3. The lowest BCUT2D eigenvalue weighted by Gasteiger charge is -2.35. The summed E-state index contributed by atoms with van der Waals surface area (Å²) in [5.74, 6) is 0.442. The van der Waals surface area contributed by atoms with E-state index in [1.54, 1.807) is 13.2 Å². The lowest BCUT2D eigenvalue weighted by Crippen LogP contribution is -2.47.